The molecule has 2 nitrogen and oxygen atoms in total. The molecule has 3 rings (SSSR count). The fraction of sp³-hybridized carbons (Fsp3) is 0.0714. The summed E-state index contributed by atoms with van der Waals surface area (Å²) in [6.07, 6.45) is 12.7. The number of pyridine rings is 1. The van der Waals surface area contributed by atoms with Crippen LogP contribution in [0, 0.1) is 0 Å². The lowest BCUT2D eigenvalue weighted by molar-refractivity contribution is 1.32. The zero-order valence-corrected chi connectivity index (χ0v) is 11.1. The third-order valence-corrected chi connectivity index (χ3v) is 4.05. The number of H-pyrrole nitrogens is 1. The highest BCUT2D eigenvalue weighted by atomic mass is 35.5. The molecule has 0 saturated heterocycles. The van der Waals surface area contributed by atoms with E-state index in [1.54, 1.807) is 18.0 Å². The zero-order chi connectivity index (χ0) is 12.4. The van der Waals surface area contributed by atoms with Gasteiger partial charge in [-0.25, -0.2) is 4.98 Å². The van der Waals surface area contributed by atoms with Gasteiger partial charge in [0, 0.05) is 27.7 Å². The molecular formula is C14H11ClN2S. The number of fused-ring (bicyclic) bond motifs is 1. The Bertz CT molecular complexity index is 667. The maximum absolute atomic E-state index is 5.97. The van der Waals surface area contributed by atoms with Crippen LogP contribution in [0.15, 0.2) is 63.7 Å². The first-order valence-corrected chi connectivity index (χ1v) is 6.85. The smallest absolute Gasteiger partial charge is 0.138 e. The fourth-order valence-electron chi connectivity index (χ4n) is 1.82. The molecule has 0 fully saturated rings. The molecule has 1 aliphatic rings. The number of hydrogen-bond acceptors (Lipinski definition) is 2. The molecule has 0 amide bonds. The molecule has 4 heteroatoms. The molecule has 18 heavy (non-hydrogen) atoms. The minimum atomic E-state index is 0.770. The van der Waals surface area contributed by atoms with Gasteiger partial charge in [-0.15, -0.1) is 0 Å². The molecule has 0 unspecified atom stereocenters. The predicted molar refractivity (Wildman–Crippen MR) is 77.7 cm³/mol. The van der Waals surface area contributed by atoms with Crippen molar-refractivity contribution < 1.29 is 0 Å². The summed E-state index contributed by atoms with van der Waals surface area (Å²) in [5.41, 5.74) is 0.929. The SMILES string of the molecule is ClC1=CC=C(Sc2c[nH]c3ncccc23)CC=C1. The monoisotopic (exact) mass is 274 g/mol. The molecule has 0 radical (unpaired) electrons. The van der Waals surface area contributed by atoms with E-state index in [-0.39, 0.29) is 0 Å². The van der Waals surface area contributed by atoms with Crippen molar-refractivity contribution in [1.29, 1.82) is 0 Å². The number of nitrogens with zero attached hydrogens (tertiary/aromatic N) is 1. The molecule has 0 saturated carbocycles. The third kappa shape index (κ3) is 2.37. The van der Waals surface area contributed by atoms with Crippen LogP contribution in [0.2, 0.25) is 0 Å². The van der Waals surface area contributed by atoms with Crippen LogP contribution in [0.25, 0.3) is 11.0 Å². The normalized spacial score (nSPS) is 15.4. The van der Waals surface area contributed by atoms with Gasteiger partial charge in [0.15, 0.2) is 0 Å². The van der Waals surface area contributed by atoms with E-state index in [1.807, 2.05) is 24.4 Å². The molecule has 0 bridgehead atoms. The van der Waals surface area contributed by atoms with Crippen LogP contribution in [0.4, 0.5) is 0 Å². The van der Waals surface area contributed by atoms with Crippen molar-refractivity contribution in [3.63, 3.8) is 0 Å². The second-order valence-corrected chi connectivity index (χ2v) is 5.55. The first kappa shape index (κ1) is 11.6. The summed E-state index contributed by atoms with van der Waals surface area (Å²) in [6, 6.07) is 4.04. The molecule has 0 spiro atoms. The van der Waals surface area contributed by atoms with E-state index in [0.717, 1.165) is 22.5 Å². The Labute approximate surface area is 114 Å². The minimum Gasteiger partial charge on any atom is -0.345 e. The van der Waals surface area contributed by atoms with E-state index < -0.39 is 0 Å². The van der Waals surface area contributed by atoms with Crippen molar-refractivity contribution in [2.45, 2.75) is 11.3 Å². The van der Waals surface area contributed by atoms with Gasteiger partial charge in [-0.1, -0.05) is 35.5 Å². The number of rotatable bonds is 2. The van der Waals surface area contributed by atoms with E-state index in [2.05, 4.69) is 28.2 Å². The summed E-state index contributed by atoms with van der Waals surface area (Å²) in [5.74, 6) is 0. The van der Waals surface area contributed by atoms with E-state index in [0.29, 0.717) is 0 Å². The highest BCUT2D eigenvalue weighted by Gasteiger charge is 2.07. The van der Waals surface area contributed by atoms with Gasteiger partial charge in [0.2, 0.25) is 0 Å². The first-order chi connectivity index (χ1) is 8.83. The Morgan fingerprint density at radius 3 is 3.22 bits per heavy atom. The second kappa shape index (κ2) is 5.04. The van der Waals surface area contributed by atoms with Crippen LogP contribution in [0.3, 0.4) is 0 Å². The average Bonchev–Trinajstić information content (AvgIpc) is 2.67. The topological polar surface area (TPSA) is 28.7 Å². The number of nitrogens with one attached hydrogen (secondary N) is 1. The van der Waals surface area contributed by atoms with Crippen LogP contribution in [0.1, 0.15) is 6.42 Å². The quantitative estimate of drug-likeness (QED) is 0.865. The van der Waals surface area contributed by atoms with Crippen molar-refractivity contribution in [1.82, 2.24) is 9.97 Å². The standard InChI is InChI=1S/C14H11ClN2S/c15-10-3-1-4-11(7-6-10)18-13-9-17-14-12(13)5-2-8-16-14/h1-3,5-9H,4H2,(H,16,17). The van der Waals surface area contributed by atoms with E-state index in [1.165, 1.54) is 9.80 Å². The van der Waals surface area contributed by atoms with Crippen LogP contribution in [0.5, 0.6) is 0 Å². The highest BCUT2D eigenvalue weighted by molar-refractivity contribution is 8.03. The fourth-order valence-corrected chi connectivity index (χ4v) is 2.96. The summed E-state index contributed by atoms with van der Waals surface area (Å²) in [7, 11) is 0. The molecule has 2 heterocycles. The molecule has 0 aromatic carbocycles. The van der Waals surface area contributed by atoms with Gasteiger partial charge in [0.05, 0.1) is 0 Å². The van der Waals surface area contributed by atoms with Crippen molar-refractivity contribution in [3.8, 4) is 0 Å². The second-order valence-electron chi connectivity index (χ2n) is 3.95. The summed E-state index contributed by atoms with van der Waals surface area (Å²) >= 11 is 7.72. The molecular weight excluding hydrogens is 264 g/mol. The van der Waals surface area contributed by atoms with Gasteiger partial charge in [0.25, 0.3) is 0 Å². The van der Waals surface area contributed by atoms with Crippen molar-refractivity contribution in [2.75, 3.05) is 0 Å². The van der Waals surface area contributed by atoms with Crippen LogP contribution in [-0.2, 0) is 0 Å². The van der Waals surface area contributed by atoms with Gasteiger partial charge in [0.1, 0.15) is 5.65 Å². The first-order valence-electron chi connectivity index (χ1n) is 5.66. The number of allylic oxidation sites excluding steroid dienone is 6. The zero-order valence-electron chi connectivity index (χ0n) is 9.56. The predicted octanol–water partition coefficient (Wildman–Crippen LogP) is 4.62. The number of halogens is 1. The highest BCUT2D eigenvalue weighted by Crippen LogP contribution is 2.35. The average molecular weight is 275 g/mol. The Morgan fingerprint density at radius 1 is 1.33 bits per heavy atom. The largest absolute Gasteiger partial charge is 0.345 e. The maximum atomic E-state index is 5.97. The lowest BCUT2D eigenvalue weighted by Gasteiger charge is -2.01. The van der Waals surface area contributed by atoms with E-state index >= 15 is 0 Å². The Balaban J connectivity index is 1.91. The van der Waals surface area contributed by atoms with Gasteiger partial charge >= 0.3 is 0 Å². The molecule has 2 aromatic heterocycles. The van der Waals surface area contributed by atoms with Crippen LogP contribution in [-0.4, -0.2) is 9.97 Å². The van der Waals surface area contributed by atoms with E-state index in [9.17, 15) is 0 Å². The minimum absolute atomic E-state index is 0.770. The Kier molecular flexibility index (Phi) is 3.26. The Hall–Kier alpha value is -1.45. The third-order valence-electron chi connectivity index (χ3n) is 2.68. The number of thioether (sulfide) groups is 1. The summed E-state index contributed by atoms with van der Waals surface area (Å²) < 4.78 is 0. The number of aromatic amines is 1. The van der Waals surface area contributed by atoms with Gasteiger partial charge < -0.3 is 4.98 Å². The maximum Gasteiger partial charge on any atom is 0.138 e. The van der Waals surface area contributed by atoms with Crippen LogP contribution < -0.4 is 0 Å². The summed E-state index contributed by atoms with van der Waals surface area (Å²) in [4.78, 5) is 9.94. The Morgan fingerprint density at radius 2 is 2.28 bits per heavy atom. The van der Waals surface area contributed by atoms with Crippen molar-refractivity contribution in [2.24, 2.45) is 0 Å². The molecule has 1 N–H and O–H groups in total. The van der Waals surface area contributed by atoms with E-state index in [4.69, 9.17) is 11.6 Å². The van der Waals surface area contributed by atoms with Gasteiger partial charge in [-0.3, -0.25) is 0 Å². The molecule has 0 atom stereocenters. The molecule has 0 aliphatic heterocycles. The lowest BCUT2D eigenvalue weighted by atomic mass is 10.3. The van der Waals surface area contributed by atoms with Crippen LogP contribution >= 0.6 is 23.4 Å². The molecule has 1 aliphatic carbocycles. The summed E-state index contributed by atoms with van der Waals surface area (Å²) in [5, 5.41) is 1.93. The molecule has 2 aromatic rings. The van der Waals surface area contributed by atoms with Crippen molar-refractivity contribution in [3.05, 3.63) is 58.8 Å². The number of aromatic nitrogens is 2. The molecule has 90 valence electrons. The number of hydrogen-bond donors (Lipinski definition) is 1. The summed E-state index contributed by atoms with van der Waals surface area (Å²) in [6.45, 7) is 0. The van der Waals surface area contributed by atoms with Gasteiger partial charge in [-0.05, 0) is 35.6 Å². The van der Waals surface area contributed by atoms with Gasteiger partial charge in [-0.2, -0.15) is 0 Å². The lowest BCUT2D eigenvalue weighted by Crippen LogP contribution is -1.75. The van der Waals surface area contributed by atoms with Crippen molar-refractivity contribution >= 4 is 34.4 Å².